The number of nitrogens with one attached hydrogen (secondary N) is 1. The van der Waals surface area contributed by atoms with Crippen molar-refractivity contribution in [2.45, 2.75) is 0 Å². The maximum absolute atomic E-state index is 11.8. The molecule has 0 saturated carbocycles. The highest BCUT2D eigenvalue weighted by atomic mass is 35.5. The number of aromatic hydroxyl groups is 2. The molecule has 1 aromatic heterocycles. The van der Waals surface area contributed by atoms with Crippen LogP contribution < -0.4 is 5.32 Å². The highest BCUT2D eigenvalue weighted by Gasteiger charge is 2.10. The number of anilines is 1. The van der Waals surface area contributed by atoms with Crippen LogP contribution >= 0.6 is 11.6 Å². The smallest absolute Gasteiger partial charge is 0.258 e. The van der Waals surface area contributed by atoms with Gasteiger partial charge in [-0.2, -0.15) is 0 Å². The Bertz CT molecular complexity index is 584. The first kappa shape index (κ1) is 12.1. The number of hydrogen-bond donors (Lipinski definition) is 3. The number of phenols is 2. The SMILES string of the molecule is O=C(Nc1nccc(Cl)n1)c1cc(O)cc(O)c1. The second-order valence-corrected chi connectivity index (χ2v) is 3.78. The normalized spacial score (nSPS) is 10.1. The zero-order chi connectivity index (χ0) is 13.1. The second-order valence-electron chi connectivity index (χ2n) is 3.40. The van der Waals surface area contributed by atoms with E-state index in [-0.39, 0.29) is 28.2 Å². The van der Waals surface area contributed by atoms with Crippen LogP contribution in [0.3, 0.4) is 0 Å². The fourth-order valence-electron chi connectivity index (χ4n) is 1.30. The standard InChI is InChI=1S/C11H8ClN3O3/c12-9-1-2-13-11(14-9)15-10(18)6-3-7(16)5-8(17)4-6/h1-5,16-17H,(H,13,14,15,18). The molecular formula is C11H8ClN3O3. The van der Waals surface area contributed by atoms with Gasteiger partial charge in [-0.3, -0.25) is 10.1 Å². The molecule has 0 fully saturated rings. The number of amides is 1. The highest BCUT2D eigenvalue weighted by molar-refractivity contribution is 6.29. The van der Waals surface area contributed by atoms with Gasteiger partial charge in [0.1, 0.15) is 16.7 Å². The van der Waals surface area contributed by atoms with Gasteiger partial charge in [0.15, 0.2) is 0 Å². The zero-order valence-corrected chi connectivity index (χ0v) is 9.72. The van der Waals surface area contributed by atoms with Crippen LogP contribution in [0.15, 0.2) is 30.5 Å². The number of carbonyl (C=O) groups is 1. The molecule has 2 rings (SSSR count). The van der Waals surface area contributed by atoms with E-state index in [4.69, 9.17) is 11.6 Å². The van der Waals surface area contributed by atoms with Gasteiger partial charge in [0.2, 0.25) is 5.95 Å². The number of phenolic OH excluding ortho intramolecular Hbond substituents is 2. The van der Waals surface area contributed by atoms with Crippen molar-refractivity contribution in [2.24, 2.45) is 0 Å². The van der Waals surface area contributed by atoms with Crippen LogP contribution in [0.25, 0.3) is 0 Å². The molecule has 0 atom stereocenters. The maximum Gasteiger partial charge on any atom is 0.258 e. The lowest BCUT2D eigenvalue weighted by Crippen LogP contribution is -2.13. The van der Waals surface area contributed by atoms with Gasteiger partial charge in [0.25, 0.3) is 5.91 Å². The summed E-state index contributed by atoms with van der Waals surface area (Å²) in [4.78, 5) is 19.4. The maximum atomic E-state index is 11.8. The van der Waals surface area contributed by atoms with Crippen molar-refractivity contribution >= 4 is 23.5 Å². The van der Waals surface area contributed by atoms with Crippen molar-refractivity contribution in [1.82, 2.24) is 9.97 Å². The average molecular weight is 266 g/mol. The summed E-state index contributed by atoms with van der Waals surface area (Å²) in [6.07, 6.45) is 1.39. The molecule has 1 amide bonds. The lowest BCUT2D eigenvalue weighted by Gasteiger charge is -2.04. The van der Waals surface area contributed by atoms with Crippen molar-refractivity contribution in [2.75, 3.05) is 5.32 Å². The second kappa shape index (κ2) is 4.89. The molecule has 0 radical (unpaired) electrons. The molecule has 0 aliphatic carbocycles. The minimum atomic E-state index is -0.566. The summed E-state index contributed by atoms with van der Waals surface area (Å²) in [6.45, 7) is 0. The van der Waals surface area contributed by atoms with Crippen molar-refractivity contribution in [3.63, 3.8) is 0 Å². The third-order valence-corrected chi connectivity index (χ3v) is 2.22. The molecule has 1 aromatic carbocycles. The van der Waals surface area contributed by atoms with E-state index in [2.05, 4.69) is 15.3 Å². The minimum absolute atomic E-state index is 0.0373. The van der Waals surface area contributed by atoms with E-state index < -0.39 is 5.91 Å². The Morgan fingerprint density at radius 1 is 1.22 bits per heavy atom. The molecule has 3 N–H and O–H groups in total. The van der Waals surface area contributed by atoms with Gasteiger partial charge in [0, 0.05) is 17.8 Å². The number of hydrogen-bond acceptors (Lipinski definition) is 5. The van der Waals surface area contributed by atoms with Crippen LogP contribution in [0.4, 0.5) is 5.95 Å². The molecule has 18 heavy (non-hydrogen) atoms. The summed E-state index contributed by atoms with van der Waals surface area (Å²) in [7, 11) is 0. The number of benzene rings is 1. The van der Waals surface area contributed by atoms with Gasteiger partial charge in [-0.05, 0) is 18.2 Å². The zero-order valence-electron chi connectivity index (χ0n) is 8.96. The molecule has 2 aromatic rings. The first-order chi connectivity index (χ1) is 8.54. The predicted octanol–water partition coefficient (Wildman–Crippen LogP) is 1.79. The Kier molecular flexibility index (Phi) is 3.29. The van der Waals surface area contributed by atoms with E-state index in [9.17, 15) is 15.0 Å². The molecule has 0 saturated heterocycles. The monoisotopic (exact) mass is 265 g/mol. The summed E-state index contributed by atoms with van der Waals surface area (Å²) in [5.41, 5.74) is 0.0797. The highest BCUT2D eigenvalue weighted by Crippen LogP contribution is 2.20. The van der Waals surface area contributed by atoms with Crippen LogP contribution in [0, 0.1) is 0 Å². The Labute approximate surface area is 107 Å². The summed E-state index contributed by atoms with van der Waals surface area (Å²) < 4.78 is 0. The van der Waals surface area contributed by atoms with E-state index in [0.29, 0.717) is 0 Å². The first-order valence-corrected chi connectivity index (χ1v) is 5.25. The van der Waals surface area contributed by atoms with Crippen molar-refractivity contribution in [3.05, 3.63) is 41.2 Å². The molecule has 0 bridgehead atoms. The summed E-state index contributed by atoms with van der Waals surface area (Å²) in [5, 5.41) is 21.1. The third kappa shape index (κ3) is 2.86. The van der Waals surface area contributed by atoms with Crippen LogP contribution in [0.5, 0.6) is 11.5 Å². The van der Waals surface area contributed by atoms with Crippen molar-refractivity contribution in [1.29, 1.82) is 0 Å². The fourth-order valence-corrected chi connectivity index (χ4v) is 1.43. The first-order valence-electron chi connectivity index (χ1n) is 4.87. The molecule has 0 aliphatic rings. The molecule has 0 unspecified atom stereocenters. The van der Waals surface area contributed by atoms with E-state index in [1.165, 1.54) is 24.4 Å². The van der Waals surface area contributed by atoms with Gasteiger partial charge in [-0.25, -0.2) is 9.97 Å². The van der Waals surface area contributed by atoms with Gasteiger partial charge in [0.05, 0.1) is 0 Å². The number of halogens is 1. The largest absolute Gasteiger partial charge is 0.508 e. The number of rotatable bonds is 2. The lowest BCUT2D eigenvalue weighted by atomic mass is 10.2. The molecule has 0 spiro atoms. The number of nitrogens with zero attached hydrogens (tertiary/aromatic N) is 2. The Morgan fingerprint density at radius 2 is 1.89 bits per heavy atom. The van der Waals surface area contributed by atoms with E-state index >= 15 is 0 Å². The number of aromatic nitrogens is 2. The van der Waals surface area contributed by atoms with Crippen LogP contribution in [-0.4, -0.2) is 26.1 Å². The van der Waals surface area contributed by atoms with Crippen molar-refractivity contribution in [3.8, 4) is 11.5 Å². The molecule has 92 valence electrons. The molecule has 0 aliphatic heterocycles. The number of carbonyl (C=O) groups excluding carboxylic acids is 1. The quantitative estimate of drug-likeness (QED) is 0.720. The average Bonchev–Trinajstić information content (AvgIpc) is 2.27. The van der Waals surface area contributed by atoms with Crippen LogP contribution in [-0.2, 0) is 0 Å². The third-order valence-electron chi connectivity index (χ3n) is 2.01. The van der Waals surface area contributed by atoms with Gasteiger partial charge < -0.3 is 10.2 Å². The van der Waals surface area contributed by atoms with Crippen LogP contribution in [0.2, 0.25) is 5.15 Å². The predicted molar refractivity (Wildman–Crippen MR) is 64.8 cm³/mol. The van der Waals surface area contributed by atoms with E-state index in [1.54, 1.807) is 0 Å². The molecule has 7 heteroatoms. The van der Waals surface area contributed by atoms with Gasteiger partial charge in [-0.1, -0.05) is 11.6 Å². The summed E-state index contributed by atoms with van der Waals surface area (Å²) >= 11 is 5.64. The van der Waals surface area contributed by atoms with E-state index in [1.807, 2.05) is 0 Å². The summed E-state index contributed by atoms with van der Waals surface area (Å²) in [5.74, 6) is -0.960. The lowest BCUT2D eigenvalue weighted by molar-refractivity contribution is 0.102. The fraction of sp³-hybridized carbons (Fsp3) is 0. The summed E-state index contributed by atoms with van der Waals surface area (Å²) in [6, 6.07) is 5.00. The van der Waals surface area contributed by atoms with Crippen LogP contribution in [0.1, 0.15) is 10.4 Å². The Balaban J connectivity index is 2.22. The van der Waals surface area contributed by atoms with Gasteiger partial charge in [-0.15, -0.1) is 0 Å². The van der Waals surface area contributed by atoms with E-state index in [0.717, 1.165) is 6.07 Å². The molecular weight excluding hydrogens is 258 g/mol. The Morgan fingerprint density at radius 3 is 2.50 bits per heavy atom. The van der Waals surface area contributed by atoms with Crippen molar-refractivity contribution < 1.29 is 15.0 Å². The molecule has 1 heterocycles. The topological polar surface area (TPSA) is 95.3 Å². The molecule has 6 nitrogen and oxygen atoms in total. The van der Waals surface area contributed by atoms with Gasteiger partial charge >= 0.3 is 0 Å². The minimum Gasteiger partial charge on any atom is -0.508 e. The Hall–Kier alpha value is -2.34.